The van der Waals surface area contributed by atoms with E-state index >= 15 is 0 Å². The summed E-state index contributed by atoms with van der Waals surface area (Å²) in [7, 11) is 0. The Morgan fingerprint density at radius 2 is 2.29 bits per heavy atom. The summed E-state index contributed by atoms with van der Waals surface area (Å²) in [5.74, 6) is 0.762. The fourth-order valence-electron chi connectivity index (χ4n) is 4.10. The van der Waals surface area contributed by atoms with Crippen molar-refractivity contribution in [2.24, 2.45) is 0 Å². The number of hydrogen-bond acceptors (Lipinski definition) is 6. The lowest BCUT2D eigenvalue weighted by Crippen LogP contribution is -2.47. The summed E-state index contributed by atoms with van der Waals surface area (Å²) in [5, 5.41) is 12.8. The zero-order valence-corrected chi connectivity index (χ0v) is 18.0. The number of amides is 1. The molecule has 2 fully saturated rings. The first-order valence-corrected chi connectivity index (χ1v) is 10.8. The van der Waals surface area contributed by atoms with Crippen molar-refractivity contribution in [2.45, 2.75) is 31.0 Å². The van der Waals surface area contributed by atoms with Gasteiger partial charge in [-0.2, -0.15) is 5.26 Å². The number of nitriles is 1. The van der Waals surface area contributed by atoms with Gasteiger partial charge in [-0.3, -0.25) is 4.79 Å². The minimum Gasteiger partial charge on any atom is -0.377 e. The summed E-state index contributed by atoms with van der Waals surface area (Å²) in [6, 6.07) is 13.0. The average molecular weight is 441 g/mol. The number of aromatic nitrogens is 1. The highest BCUT2D eigenvalue weighted by molar-refractivity contribution is 6.30. The molecule has 31 heavy (non-hydrogen) atoms. The van der Waals surface area contributed by atoms with Crippen molar-refractivity contribution in [1.82, 2.24) is 9.88 Å². The minimum atomic E-state index is -0.481. The summed E-state index contributed by atoms with van der Waals surface area (Å²) < 4.78 is 12.2. The van der Waals surface area contributed by atoms with Crippen LogP contribution in [-0.2, 0) is 20.7 Å². The number of anilines is 1. The van der Waals surface area contributed by atoms with Crippen LogP contribution >= 0.6 is 11.6 Å². The Bertz CT molecular complexity index is 962. The van der Waals surface area contributed by atoms with Crippen LogP contribution in [0.15, 0.2) is 42.6 Å². The summed E-state index contributed by atoms with van der Waals surface area (Å²) in [6.07, 6.45) is 3.57. The SMILES string of the molecule is N#Cc1ccc(NCC2CCC3(COCCN(C(=O)Cc4cccc(Cl)c4)C3)O2)nc1. The van der Waals surface area contributed by atoms with Crippen LogP contribution in [0, 0.1) is 11.3 Å². The van der Waals surface area contributed by atoms with Crippen LogP contribution in [0.4, 0.5) is 5.82 Å². The smallest absolute Gasteiger partial charge is 0.227 e. The Morgan fingerprint density at radius 1 is 1.39 bits per heavy atom. The van der Waals surface area contributed by atoms with Gasteiger partial charge >= 0.3 is 0 Å². The monoisotopic (exact) mass is 440 g/mol. The molecule has 0 saturated carbocycles. The zero-order valence-electron chi connectivity index (χ0n) is 17.2. The predicted molar refractivity (Wildman–Crippen MR) is 117 cm³/mol. The van der Waals surface area contributed by atoms with Crippen LogP contribution in [0.3, 0.4) is 0 Å². The molecule has 1 aromatic carbocycles. The van der Waals surface area contributed by atoms with Crippen LogP contribution in [-0.4, -0.2) is 60.3 Å². The van der Waals surface area contributed by atoms with Crippen molar-refractivity contribution >= 4 is 23.3 Å². The molecule has 0 radical (unpaired) electrons. The second kappa shape index (κ2) is 9.65. The van der Waals surface area contributed by atoms with Gasteiger partial charge in [-0.25, -0.2) is 4.98 Å². The summed E-state index contributed by atoms with van der Waals surface area (Å²) in [4.78, 5) is 19.0. The van der Waals surface area contributed by atoms with Crippen molar-refractivity contribution in [2.75, 3.05) is 38.2 Å². The predicted octanol–water partition coefficient (Wildman–Crippen LogP) is 3.04. The molecule has 4 rings (SSSR count). The van der Waals surface area contributed by atoms with Gasteiger partial charge in [0.1, 0.15) is 17.5 Å². The second-order valence-corrected chi connectivity index (χ2v) is 8.50. The molecule has 1 amide bonds. The van der Waals surface area contributed by atoms with Gasteiger partial charge in [0.05, 0.1) is 37.8 Å². The average Bonchev–Trinajstić information content (AvgIpc) is 3.04. The number of carbonyl (C=O) groups is 1. The third-order valence-electron chi connectivity index (χ3n) is 5.69. The fourth-order valence-corrected chi connectivity index (χ4v) is 4.31. The highest BCUT2D eigenvalue weighted by atomic mass is 35.5. The van der Waals surface area contributed by atoms with E-state index in [2.05, 4.69) is 16.4 Å². The van der Waals surface area contributed by atoms with E-state index < -0.39 is 5.60 Å². The number of pyridine rings is 1. The molecule has 2 aromatic rings. The van der Waals surface area contributed by atoms with E-state index in [1.54, 1.807) is 24.4 Å². The van der Waals surface area contributed by atoms with Crippen LogP contribution in [0.25, 0.3) is 0 Å². The molecule has 2 aliphatic heterocycles. The van der Waals surface area contributed by atoms with Gasteiger partial charge in [0.2, 0.25) is 5.91 Å². The number of rotatable bonds is 5. The minimum absolute atomic E-state index is 0.00373. The molecule has 8 heteroatoms. The normalized spacial score (nSPS) is 23.4. The molecule has 7 nitrogen and oxygen atoms in total. The molecule has 2 atom stereocenters. The lowest BCUT2D eigenvalue weighted by Gasteiger charge is -2.32. The third kappa shape index (κ3) is 5.53. The van der Waals surface area contributed by atoms with Gasteiger partial charge in [0.25, 0.3) is 0 Å². The molecule has 0 aliphatic carbocycles. The van der Waals surface area contributed by atoms with Crippen molar-refractivity contribution in [3.63, 3.8) is 0 Å². The maximum absolute atomic E-state index is 12.9. The van der Waals surface area contributed by atoms with Crippen LogP contribution in [0.5, 0.6) is 0 Å². The van der Waals surface area contributed by atoms with Crippen molar-refractivity contribution in [3.05, 3.63) is 58.7 Å². The number of ether oxygens (including phenoxy) is 2. The molecular weight excluding hydrogens is 416 g/mol. The largest absolute Gasteiger partial charge is 0.377 e. The Morgan fingerprint density at radius 3 is 3.06 bits per heavy atom. The topological polar surface area (TPSA) is 87.5 Å². The second-order valence-electron chi connectivity index (χ2n) is 8.06. The summed E-state index contributed by atoms with van der Waals surface area (Å²) in [6.45, 7) is 2.68. The molecule has 162 valence electrons. The molecule has 2 aliphatic rings. The Labute approximate surface area is 186 Å². The van der Waals surface area contributed by atoms with E-state index in [-0.39, 0.29) is 12.0 Å². The van der Waals surface area contributed by atoms with Gasteiger partial charge in [-0.05, 0) is 42.7 Å². The van der Waals surface area contributed by atoms with Gasteiger partial charge in [0.15, 0.2) is 0 Å². The Hall–Kier alpha value is -2.66. The maximum atomic E-state index is 12.9. The Balaban J connectivity index is 1.34. The van der Waals surface area contributed by atoms with E-state index in [0.717, 1.165) is 18.4 Å². The van der Waals surface area contributed by atoms with Gasteiger partial charge in [-0.1, -0.05) is 23.7 Å². The first kappa shape index (κ1) is 21.6. The van der Waals surface area contributed by atoms with Gasteiger partial charge in [0, 0.05) is 24.3 Å². The highest BCUT2D eigenvalue weighted by Crippen LogP contribution is 2.33. The molecule has 2 saturated heterocycles. The maximum Gasteiger partial charge on any atom is 0.227 e. The van der Waals surface area contributed by atoms with Crippen LogP contribution < -0.4 is 5.32 Å². The quantitative estimate of drug-likeness (QED) is 0.768. The number of benzene rings is 1. The molecule has 2 unspecified atom stereocenters. The number of hydrogen-bond donors (Lipinski definition) is 1. The first-order chi connectivity index (χ1) is 15.0. The van der Waals surface area contributed by atoms with Gasteiger partial charge in [-0.15, -0.1) is 0 Å². The molecule has 1 aromatic heterocycles. The molecule has 3 heterocycles. The van der Waals surface area contributed by atoms with Crippen LogP contribution in [0.2, 0.25) is 5.02 Å². The number of halogens is 1. The summed E-state index contributed by atoms with van der Waals surface area (Å²) >= 11 is 6.05. The zero-order chi connectivity index (χ0) is 21.7. The summed E-state index contributed by atoms with van der Waals surface area (Å²) in [5.41, 5.74) is 0.950. The van der Waals surface area contributed by atoms with E-state index in [9.17, 15) is 4.79 Å². The fraction of sp³-hybridized carbons (Fsp3) is 0.435. The van der Waals surface area contributed by atoms with E-state index in [1.165, 1.54) is 0 Å². The number of nitrogens with one attached hydrogen (secondary N) is 1. The van der Waals surface area contributed by atoms with Crippen LogP contribution in [0.1, 0.15) is 24.0 Å². The van der Waals surface area contributed by atoms with Gasteiger partial charge < -0.3 is 19.7 Å². The lowest BCUT2D eigenvalue weighted by atomic mass is 9.99. The first-order valence-electron chi connectivity index (χ1n) is 10.4. The Kier molecular flexibility index (Phi) is 6.71. The number of carbonyl (C=O) groups excluding carboxylic acids is 1. The third-order valence-corrected chi connectivity index (χ3v) is 5.92. The number of nitrogens with zero attached hydrogens (tertiary/aromatic N) is 3. The van der Waals surface area contributed by atoms with E-state index in [0.29, 0.717) is 55.7 Å². The highest BCUT2D eigenvalue weighted by Gasteiger charge is 2.43. The van der Waals surface area contributed by atoms with E-state index in [4.69, 9.17) is 26.3 Å². The molecular formula is C23H25ClN4O3. The van der Waals surface area contributed by atoms with Crippen molar-refractivity contribution in [1.29, 1.82) is 5.26 Å². The molecule has 1 N–H and O–H groups in total. The molecule has 1 spiro atoms. The van der Waals surface area contributed by atoms with Crippen molar-refractivity contribution in [3.8, 4) is 6.07 Å². The van der Waals surface area contributed by atoms with Crippen molar-refractivity contribution < 1.29 is 14.3 Å². The lowest BCUT2D eigenvalue weighted by molar-refractivity contribution is -0.135. The molecule has 0 bridgehead atoms. The standard InChI is InChI=1S/C23H25ClN4O3/c24-19-3-1-2-17(10-19)11-22(29)28-8-9-30-16-23(15-28)7-6-20(31-23)14-27-21-5-4-18(12-25)13-26-21/h1-5,10,13,20H,6-9,11,14-16H2,(H,26,27). The van der Waals surface area contributed by atoms with E-state index in [1.807, 2.05) is 23.1 Å².